The summed E-state index contributed by atoms with van der Waals surface area (Å²) in [6.07, 6.45) is 1.27. The number of rotatable bonds is 5. The van der Waals surface area contributed by atoms with Crippen LogP contribution in [0.25, 0.3) is 0 Å². The van der Waals surface area contributed by atoms with E-state index in [1.54, 1.807) is 7.11 Å². The Labute approximate surface area is 146 Å². The average molecular weight is 346 g/mol. The number of anilines is 1. The van der Waals surface area contributed by atoms with E-state index in [1.165, 1.54) is 11.5 Å². The lowest BCUT2D eigenvalue weighted by molar-refractivity contribution is -0.131. The first-order chi connectivity index (χ1) is 11.7. The van der Waals surface area contributed by atoms with Crippen molar-refractivity contribution in [1.82, 2.24) is 14.3 Å². The predicted octanol–water partition coefficient (Wildman–Crippen LogP) is 2.20. The smallest absolute Gasteiger partial charge is 0.222 e. The fourth-order valence-electron chi connectivity index (χ4n) is 2.78. The molecule has 3 rings (SSSR count). The zero-order valence-electron chi connectivity index (χ0n) is 14.1. The van der Waals surface area contributed by atoms with Gasteiger partial charge in [-0.1, -0.05) is 19.1 Å². The molecule has 2 aromatic rings. The minimum atomic E-state index is 0.227. The second kappa shape index (κ2) is 7.61. The third-order valence-electron chi connectivity index (χ3n) is 4.16. The van der Waals surface area contributed by atoms with Gasteiger partial charge >= 0.3 is 0 Å². The molecule has 0 spiro atoms. The third kappa shape index (κ3) is 3.84. The van der Waals surface area contributed by atoms with Crippen LogP contribution in [-0.2, 0) is 11.2 Å². The number of hydrogen-bond acceptors (Lipinski definition) is 6. The van der Waals surface area contributed by atoms with Crippen LogP contribution >= 0.6 is 11.5 Å². The van der Waals surface area contributed by atoms with E-state index in [1.807, 2.05) is 30.0 Å². The Morgan fingerprint density at radius 2 is 2.08 bits per heavy atom. The van der Waals surface area contributed by atoms with E-state index in [-0.39, 0.29) is 5.91 Å². The predicted molar refractivity (Wildman–Crippen MR) is 94.8 cm³/mol. The maximum atomic E-state index is 11.7. The van der Waals surface area contributed by atoms with Gasteiger partial charge in [0.2, 0.25) is 11.0 Å². The molecule has 128 valence electrons. The quantitative estimate of drug-likeness (QED) is 0.831. The summed E-state index contributed by atoms with van der Waals surface area (Å²) >= 11 is 1.43. The molecular formula is C17H22N4O2S. The topological polar surface area (TPSA) is 58.6 Å². The van der Waals surface area contributed by atoms with Crippen molar-refractivity contribution < 1.29 is 9.53 Å². The van der Waals surface area contributed by atoms with Crippen molar-refractivity contribution in [3.05, 3.63) is 35.7 Å². The highest BCUT2D eigenvalue weighted by Gasteiger charge is 2.22. The van der Waals surface area contributed by atoms with Gasteiger partial charge in [-0.2, -0.15) is 4.37 Å². The molecule has 0 aliphatic carbocycles. The van der Waals surface area contributed by atoms with Crippen molar-refractivity contribution in [1.29, 1.82) is 0 Å². The first-order valence-electron chi connectivity index (χ1n) is 8.18. The molecule has 0 unspecified atom stereocenters. The zero-order valence-corrected chi connectivity index (χ0v) is 14.9. The van der Waals surface area contributed by atoms with Crippen molar-refractivity contribution in [2.24, 2.45) is 0 Å². The lowest BCUT2D eigenvalue weighted by atomic mass is 10.1. The van der Waals surface area contributed by atoms with Crippen LogP contribution < -0.4 is 9.64 Å². The van der Waals surface area contributed by atoms with E-state index in [0.29, 0.717) is 12.8 Å². The van der Waals surface area contributed by atoms with E-state index in [2.05, 4.69) is 20.3 Å². The number of nitrogens with zero attached hydrogens (tertiary/aromatic N) is 4. The van der Waals surface area contributed by atoms with Crippen LogP contribution in [0.3, 0.4) is 0 Å². The maximum absolute atomic E-state index is 11.7. The molecule has 24 heavy (non-hydrogen) atoms. The first-order valence-corrected chi connectivity index (χ1v) is 8.95. The van der Waals surface area contributed by atoms with Gasteiger partial charge in [0.05, 0.1) is 7.11 Å². The SMILES string of the molecule is CCC(=O)N1CCN(c2nc(Cc3cccc(OC)c3)ns2)CC1. The molecule has 0 radical (unpaired) electrons. The molecule has 1 aliphatic rings. The molecular weight excluding hydrogens is 324 g/mol. The van der Waals surface area contributed by atoms with Crippen LogP contribution in [0.1, 0.15) is 24.7 Å². The Kier molecular flexibility index (Phi) is 5.30. The highest BCUT2D eigenvalue weighted by Crippen LogP contribution is 2.21. The van der Waals surface area contributed by atoms with Crippen molar-refractivity contribution >= 4 is 22.6 Å². The van der Waals surface area contributed by atoms with Crippen molar-refractivity contribution in [3.63, 3.8) is 0 Å². The number of carbonyl (C=O) groups excluding carboxylic acids is 1. The fourth-order valence-corrected chi connectivity index (χ4v) is 3.52. The summed E-state index contributed by atoms with van der Waals surface area (Å²) in [5, 5.41) is 0.941. The van der Waals surface area contributed by atoms with E-state index >= 15 is 0 Å². The van der Waals surface area contributed by atoms with Gasteiger partial charge in [0.15, 0.2) is 0 Å². The molecule has 1 saturated heterocycles. The van der Waals surface area contributed by atoms with Gasteiger partial charge in [-0.15, -0.1) is 0 Å². The molecule has 1 fully saturated rings. The largest absolute Gasteiger partial charge is 0.497 e. The molecule has 2 heterocycles. The molecule has 1 amide bonds. The highest BCUT2D eigenvalue weighted by molar-refractivity contribution is 7.09. The van der Waals surface area contributed by atoms with E-state index < -0.39 is 0 Å². The van der Waals surface area contributed by atoms with Crippen LogP contribution in [0.5, 0.6) is 5.75 Å². The Morgan fingerprint density at radius 3 is 2.79 bits per heavy atom. The highest BCUT2D eigenvalue weighted by atomic mass is 32.1. The van der Waals surface area contributed by atoms with Gasteiger partial charge < -0.3 is 14.5 Å². The molecule has 6 nitrogen and oxygen atoms in total. The second-order valence-corrected chi connectivity index (χ2v) is 6.47. The zero-order chi connectivity index (χ0) is 16.9. The molecule has 1 aromatic carbocycles. The second-order valence-electron chi connectivity index (χ2n) is 5.74. The maximum Gasteiger partial charge on any atom is 0.222 e. The normalized spacial score (nSPS) is 14.8. The van der Waals surface area contributed by atoms with E-state index in [0.717, 1.165) is 48.4 Å². The number of methoxy groups -OCH3 is 1. The van der Waals surface area contributed by atoms with Gasteiger partial charge in [-0.25, -0.2) is 4.98 Å². The Morgan fingerprint density at radius 1 is 1.29 bits per heavy atom. The van der Waals surface area contributed by atoms with Crippen LogP contribution in [0.15, 0.2) is 24.3 Å². The number of aromatic nitrogens is 2. The van der Waals surface area contributed by atoms with Gasteiger partial charge in [0.25, 0.3) is 0 Å². The van der Waals surface area contributed by atoms with Crippen LogP contribution in [-0.4, -0.2) is 53.5 Å². The molecule has 7 heteroatoms. The molecule has 1 aliphatic heterocycles. The number of ether oxygens (including phenoxy) is 1. The summed E-state index contributed by atoms with van der Waals surface area (Å²) in [6, 6.07) is 7.97. The molecule has 0 N–H and O–H groups in total. The minimum Gasteiger partial charge on any atom is -0.497 e. The number of piperazine rings is 1. The Balaban J connectivity index is 1.61. The van der Waals surface area contributed by atoms with Gasteiger partial charge in [-0.05, 0) is 17.7 Å². The fraction of sp³-hybridized carbons (Fsp3) is 0.471. The summed E-state index contributed by atoms with van der Waals surface area (Å²) < 4.78 is 9.73. The lowest BCUT2D eigenvalue weighted by Crippen LogP contribution is -2.48. The standard InChI is InChI=1S/C17H22N4O2S/c1-3-16(22)20-7-9-21(10-8-20)17-18-15(19-24-17)12-13-5-4-6-14(11-13)23-2/h4-6,11H,3,7-10,12H2,1-2H3. The van der Waals surface area contributed by atoms with Gasteiger partial charge in [0, 0.05) is 50.6 Å². The number of amides is 1. The summed E-state index contributed by atoms with van der Waals surface area (Å²) in [7, 11) is 1.67. The average Bonchev–Trinajstić information content (AvgIpc) is 3.09. The molecule has 0 bridgehead atoms. The van der Waals surface area contributed by atoms with Crippen molar-refractivity contribution in [3.8, 4) is 5.75 Å². The summed E-state index contributed by atoms with van der Waals surface area (Å²) in [6.45, 7) is 5.07. The van der Waals surface area contributed by atoms with Gasteiger partial charge in [0.1, 0.15) is 11.6 Å². The minimum absolute atomic E-state index is 0.227. The summed E-state index contributed by atoms with van der Waals surface area (Å²) in [5.74, 6) is 1.90. The van der Waals surface area contributed by atoms with Crippen LogP contribution in [0.4, 0.5) is 5.13 Å². The van der Waals surface area contributed by atoms with Crippen molar-refractivity contribution in [2.75, 3.05) is 38.2 Å². The monoisotopic (exact) mass is 346 g/mol. The first kappa shape index (κ1) is 16.7. The number of carbonyl (C=O) groups is 1. The van der Waals surface area contributed by atoms with Crippen LogP contribution in [0, 0.1) is 0 Å². The van der Waals surface area contributed by atoms with Crippen LogP contribution in [0.2, 0.25) is 0 Å². The number of hydrogen-bond donors (Lipinski definition) is 0. The molecule has 0 atom stereocenters. The third-order valence-corrected chi connectivity index (χ3v) is 4.97. The van der Waals surface area contributed by atoms with E-state index in [4.69, 9.17) is 4.74 Å². The Hall–Kier alpha value is -2.15. The molecule has 0 saturated carbocycles. The lowest BCUT2D eigenvalue weighted by Gasteiger charge is -2.34. The van der Waals surface area contributed by atoms with Gasteiger partial charge in [-0.3, -0.25) is 4.79 Å². The van der Waals surface area contributed by atoms with E-state index in [9.17, 15) is 4.79 Å². The van der Waals surface area contributed by atoms with Crippen molar-refractivity contribution in [2.45, 2.75) is 19.8 Å². The number of benzene rings is 1. The summed E-state index contributed by atoms with van der Waals surface area (Å²) in [5.41, 5.74) is 1.14. The Bertz CT molecular complexity index is 695. The summed E-state index contributed by atoms with van der Waals surface area (Å²) in [4.78, 5) is 20.5. The molecule has 1 aromatic heterocycles.